The molecule has 2 nitrogen and oxygen atoms in total. The number of fused-ring (bicyclic) bond motifs is 6. The van der Waals surface area contributed by atoms with E-state index in [0.717, 1.165) is 25.7 Å². The highest BCUT2D eigenvalue weighted by molar-refractivity contribution is 6.11. The molecule has 0 fully saturated rings. The third-order valence-electron chi connectivity index (χ3n) is 11.3. The maximum Gasteiger partial charge on any atom is 0.0541 e. The van der Waals surface area contributed by atoms with E-state index in [9.17, 15) is 0 Å². The smallest absolute Gasteiger partial charge is 0.0541 e. The van der Waals surface area contributed by atoms with Gasteiger partial charge >= 0.3 is 0 Å². The van der Waals surface area contributed by atoms with Crippen LogP contribution in [-0.4, -0.2) is 9.13 Å². The maximum absolute atomic E-state index is 2.46. The average molecular weight is 765 g/mol. The van der Waals surface area contributed by atoms with Crippen LogP contribution in [0.3, 0.4) is 0 Å². The van der Waals surface area contributed by atoms with Crippen molar-refractivity contribution in [3.05, 3.63) is 144 Å². The lowest BCUT2D eigenvalue weighted by Crippen LogP contribution is -2.09. The van der Waals surface area contributed by atoms with Gasteiger partial charge in [0.1, 0.15) is 0 Å². The number of benzene rings is 6. The van der Waals surface area contributed by atoms with Crippen LogP contribution < -0.4 is 0 Å². The molecule has 6 aromatic carbocycles. The van der Waals surface area contributed by atoms with Crippen LogP contribution in [0.25, 0.3) is 66.1 Å². The number of rotatable bonds is 7. The number of hydrogen-bond acceptors (Lipinski definition) is 0. The van der Waals surface area contributed by atoms with E-state index >= 15 is 0 Å². The first-order valence-corrected chi connectivity index (χ1v) is 21.5. The van der Waals surface area contributed by atoms with Crippen LogP contribution in [-0.2, 0) is 25.7 Å². The van der Waals surface area contributed by atoms with Crippen molar-refractivity contribution in [1.29, 1.82) is 0 Å². The summed E-state index contributed by atoms with van der Waals surface area (Å²) in [5, 5.41) is 5.36. The van der Waals surface area contributed by atoms with Gasteiger partial charge in [0.15, 0.2) is 0 Å². The van der Waals surface area contributed by atoms with Crippen LogP contribution in [0, 0.1) is 21.7 Å². The predicted octanol–water partition coefficient (Wildman–Crippen LogP) is 15.9. The van der Waals surface area contributed by atoms with Crippen molar-refractivity contribution in [2.45, 2.75) is 109 Å². The van der Waals surface area contributed by atoms with E-state index in [4.69, 9.17) is 0 Å². The van der Waals surface area contributed by atoms with Gasteiger partial charge in [-0.2, -0.15) is 0 Å². The molecule has 0 aliphatic heterocycles. The number of hydrogen-bond donors (Lipinski definition) is 0. The van der Waals surface area contributed by atoms with Crippen LogP contribution in [0.15, 0.2) is 121 Å². The summed E-state index contributed by atoms with van der Waals surface area (Å²) >= 11 is 0. The molecule has 0 unspecified atom stereocenters. The Kier molecular flexibility index (Phi) is 9.82. The molecule has 0 radical (unpaired) electrons. The Morgan fingerprint density at radius 1 is 0.293 bits per heavy atom. The van der Waals surface area contributed by atoms with Crippen molar-refractivity contribution in [3.8, 4) is 22.5 Å². The van der Waals surface area contributed by atoms with Gasteiger partial charge in [-0.3, -0.25) is 0 Å². The molecule has 0 atom stereocenters. The molecule has 0 aliphatic carbocycles. The SMILES string of the molecule is CC(C)(C)Cc1ccc2c(c1)c1cc(CC(C)(C)C)ccc1n2-c1ccc(-c2ccc(-n3c4ccc(CC(C)(C)C)cc4c4cc(CC(C)(C)C)ccc43)cc2)cc1. The van der Waals surface area contributed by atoms with Gasteiger partial charge in [-0.15, -0.1) is 0 Å². The molecule has 0 aliphatic rings. The summed E-state index contributed by atoms with van der Waals surface area (Å²) in [6.07, 6.45) is 4.22. The van der Waals surface area contributed by atoms with E-state index in [-0.39, 0.29) is 21.7 Å². The average Bonchev–Trinajstić information content (AvgIpc) is 3.60. The fraction of sp³-hybridized carbons (Fsp3) is 0.357. The van der Waals surface area contributed by atoms with Crippen LogP contribution >= 0.6 is 0 Å². The molecule has 2 aromatic heterocycles. The molecule has 0 spiro atoms. The van der Waals surface area contributed by atoms with Gasteiger partial charge in [0.25, 0.3) is 0 Å². The highest BCUT2D eigenvalue weighted by atomic mass is 15.0. The maximum atomic E-state index is 2.46. The lowest BCUT2D eigenvalue weighted by Gasteiger charge is -2.18. The Morgan fingerprint density at radius 2 is 0.517 bits per heavy atom. The minimum absolute atomic E-state index is 0.229. The molecule has 2 heteroatoms. The minimum Gasteiger partial charge on any atom is -0.309 e. The second-order valence-electron chi connectivity index (χ2n) is 22.1. The normalized spacial score (nSPS) is 13.1. The number of nitrogens with zero attached hydrogens (tertiary/aromatic N) is 2. The predicted molar refractivity (Wildman–Crippen MR) is 253 cm³/mol. The Bertz CT molecular complexity index is 2430. The second kappa shape index (κ2) is 14.3. The van der Waals surface area contributed by atoms with Crippen LogP contribution in [0.2, 0.25) is 0 Å². The van der Waals surface area contributed by atoms with Gasteiger partial charge in [-0.25, -0.2) is 0 Å². The summed E-state index contributed by atoms with van der Waals surface area (Å²) in [5.41, 5.74) is 16.4. The van der Waals surface area contributed by atoms with Gasteiger partial charge in [0.05, 0.1) is 22.1 Å². The molecule has 8 aromatic rings. The van der Waals surface area contributed by atoms with Crippen molar-refractivity contribution in [2.24, 2.45) is 21.7 Å². The Morgan fingerprint density at radius 3 is 0.724 bits per heavy atom. The van der Waals surface area contributed by atoms with Gasteiger partial charge in [0.2, 0.25) is 0 Å². The third kappa shape index (κ3) is 8.40. The molecule has 2 heterocycles. The fourth-order valence-electron chi connectivity index (χ4n) is 9.29. The third-order valence-corrected chi connectivity index (χ3v) is 11.3. The first-order chi connectivity index (χ1) is 27.2. The first-order valence-electron chi connectivity index (χ1n) is 21.5. The van der Waals surface area contributed by atoms with Crippen LogP contribution in [0.1, 0.15) is 105 Å². The molecule has 8 rings (SSSR count). The zero-order valence-electron chi connectivity index (χ0n) is 37.3. The van der Waals surface area contributed by atoms with Crippen molar-refractivity contribution >= 4 is 43.6 Å². The van der Waals surface area contributed by atoms with Crippen molar-refractivity contribution in [2.75, 3.05) is 0 Å². The summed E-state index contributed by atoms with van der Waals surface area (Å²) < 4.78 is 4.92. The van der Waals surface area contributed by atoms with Crippen molar-refractivity contribution in [1.82, 2.24) is 9.13 Å². The summed E-state index contributed by atoms with van der Waals surface area (Å²) in [7, 11) is 0. The molecule has 0 N–H and O–H groups in total. The molecule has 58 heavy (non-hydrogen) atoms. The van der Waals surface area contributed by atoms with E-state index in [1.54, 1.807) is 0 Å². The quantitative estimate of drug-likeness (QED) is 0.153. The summed E-state index contributed by atoms with van der Waals surface area (Å²) in [4.78, 5) is 0. The second-order valence-corrected chi connectivity index (χ2v) is 22.1. The standard InChI is InChI=1S/C56H64N2/c1-53(2,3)33-37-13-25-49-45(29-37)46-30-38(34-54(4,5)6)14-26-50(46)57(49)43-21-17-41(18-22-43)42-19-23-44(24-20-42)58-51-27-15-39(35-55(7,8)9)31-47(51)48-32-40(16-28-52(48)58)36-56(10,11)12/h13-32H,33-36H2,1-12H3. The molecule has 0 amide bonds. The summed E-state index contributed by atoms with van der Waals surface area (Å²) in [6, 6.07) is 46.9. The van der Waals surface area contributed by atoms with E-state index in [1.807, 2.05) is 0 Å². The molecule has 298 valence electrons. The van der Waals surface area contributed by atoms with Gasteiger partial charge in [0, 0.05) is 32.9 Å². The fourth-order valence-corrected chi connectivity index (χ4v) is 9.29. The van der Waals surface area contributed by atoms with Crippen LogP contribution in [0.4, 0.5) is 0 Å². The van der Waals surface area contributed by atoms with Gasteiger partial charge in [-0.05, 0) is 154 Å². The van der Waals surface area contributed by atoms with Crippen molar-refractivity contribution in [3.63, 3.8) is 0 Å². The first kappa shape index (κ1) is 39.7. The summed E-state index contributed by atoms with van der Waals surface area (Å²) in [5.74, 6) is 0. The lowest BCUT2D eigenvalue weighted by atomic mass is 9.87. The van der Waals surface area contributed by atoms with E-state index in [2.05, 4.69) is 214 Å². The molecule has 0 saturated carbocycles. The molecule has 0 bridgehead atoms. The molecular weight excluding hydrogens is 701 g/mol. The zero-order valence-corrected chi connectivity index (χ0v) is 37.3. The highest BCUT2D eigenvalue weighted by Gasteiger charge is 2.20. The Balaban J connectivity index is 1.16. The largest absolute Gasteiger partial charge is 0.309 e. The zero-order chi connectivity index (χ0) is 41.4. The Hall–Kier alpha value is -5.08. The van der Waals surface area contributed by atoms with Gasteiger partial charge < -0.3 is 9.13 Å². The van der Waals surface area contributed by atoms with E-state index < -0.39 is 0 Å². The van der Waals surface area contributed by atoms with Gasteiger partial charge in [-0.1, -0.05) is 132 Å². The lowest BCUT2D eigenvalue weighted by molar-refractivity contribution is 0.411. The topological polar surface area (TPSA) is 9.86 Å². The van der Waals surface area contributed by atoms with Crippen LogP contribution in [0.5, 0.6) is 0 Å². The van der Waals surface area contributed by atoms with E-state index in [1.165, 1.54) is 88.4 Å². The number of aromatic nitrogens is 2. The molecular formula is C56H64N2. The highest BCUT2D eigenvalue weighted by Crippen LogP contribution is 2.38. The summed E-state index contributed by atoms with van der Waals surface area (Å²) in [6.45, 7) is 27.9. The van der Waals surface area contributed by atoms with E-state index in [0.29, 0.717) is 0 Å². The van der Waals surface area contributed by atoms with Crippen molar-refractivity contribution < 1.29 is 0 Å². The Labute approximate surface area is 347 Å². The monoisotopic (exact) mass is 765 g/mol. The minimum atomic E-state index is 0.229. The molecule has 0 saturated heterocycles.